The van der Waals surface area contributed by atoms with Crippen LogP contribution in [-0.4, -0.2) is 42.8 Å². The van der Waals surface area contributed by atoms with Crippen molar-refractivity contribution in [3.05, 3.63) is 58.6 Å². The summed E-state index contributed by atoms with van der Waals surface area (Å²) in [7, 11) is 1.97. The highest BCUT2D eigenvalue weighted by atomic mass is 35.5. The first-order valence-corrected chi connectivity index (χ1v) is 9.23. The number of carbonyl (C=O) groups is 1. The summed E-state index contributed by atoms with van der Waals surface area (Å²) < 4.78 is 5.79. The van der Waals surface area contributed by atoms with E-state index in [9.17, 15) is 4.79 Å². The zero-order chi connectivity index (χ0) is 20.4. The molecule has 2 rings (SSSR count). The van der Waals surface area contributed by atoms with Crippen LogP contribution in [0.15, 0.2) is 42.5 Å². The molecular weight excluding hydrogens is 378 g/mol. The van der Waals surface area contributed by atoms with Gasteiger partial charge in [-0.15, -0.1) is 6.42 Å². The molecule has 0 saturated heterocycles. The van der Waals surface area contributed by atoms with E-state index in [1.54, 1.807) is 23.7 Å². The van der Waals surface area contributed by atoms with Gasteiger partial charge < -0.3 is 10.1 Å². The van der Waals surface area contributed by atoms with Crippen molar-refractivity contribution in [3.8, 4) is 18.1 Å². The van der Waals surface area contributed by atoms with Crippen LogP contribution in [0.5, 0.6) is 5.75 Å². The van der Waals surface area contributed by atoms with E-state index in [4.69, 9.17) is 28.0 Å². The molecule has 0 aliphatic carbocycles. The fourth-order valence-corrected chi connectivity index (χ4v) is 2.69. The molecule has 2 aromatic carbocycles. The molecule has 0 spiro atoms. The molecule has 0 saturated carbocycles. The topological polar surface area (TPSA) is 73.8 Å². The summed E-state index contributed by atoms with van der Waals surface area (Å²) in [5.74, 6) is 2.70. The molecule has 3 N–H and O–H groups in total. The molecule has 7 heteroatoms. The minimum Gasteiger partial charge on any atom is -0.492 e. The molecule has 0 aliphatic heterocycles. The number of nitrogens with one attached hydrogen (secondary N) is 2. The molecule has 0 radical (unpaired) electrons. The Labute approximate surface area is 170 Å². The van der Waals surface area contributed by atoms with Crippen molar-refractivity contribution in [2.75, 3.05) is 32.1 Å². The number of carbonyl (C=O) groups excluding carboxylic acids is 1. The van der Waals surface area contributed by atoms with E-state index in [1.165, 1.54) is 0 Å². The highest BCUT2D eigenvalue weighted by Crippen LogP contribution is 2.28. The van der Waals surface area contributed by atoms with Crippen molar-refractivity contribution < 1.29 is 14.7 Å². The van der Waals surface area contributed by atoms with Gasteiger partial charge in [0.25, 0.3) is 5.91 Å². The van der Waals surface area contributed by atoms with Crippen LogP contribution in [0.25, 0.3) is 0 Å². The number of benzene rings is 2. The summed E-state index contributed by atoms with van der Waals surface area (Å²) in [4.78, 5) is 13.4. The average Bonchev–Trinajstić information content (AvgIpc) is 2.71. The van der Waals surface area contributed by atoms with E-state index in [0.717, 1.165) is 24.2 Å². The van der Waals surface area contributed by atoms with Crippen LogP contribution in [-0.2, 0) is 6.54 Å². The third-order valence-electron chi connectivity index (χ3n) is 4.05. The van der Waals surface area contributed by atoms with E-state index >= 15 is 0 Å². The monoisotopic (exact) mass is 401 g/mol. The van der Waals surface area contributed by atoms with Gasteiger partial charge in [-0.2, -0.15) is 0 Å². The van der Waals surface area contributed by atoms with E-state index in [2.05, 4.69) is 16.1 Å². The van der Waals surface area contributed by atoms with Crippen molar-refractivity contribution in [1.82, 2.24) is 10.4 Å². The maximum absolute atomic E-state index is 11.3. The largest absolute Gasteiger partial charge is 0.492 e. The van der Waals surface area contributed by atoms with Crippen LogP contribution in [0, 0.1) is 12.3 Å². The second kappa shape index (κ2) is 11.2. The highest BCUT2D eigenvalue weighted by molar-refractivity contribution is 6.32. The molecular formula is C21H24ClN3O3. The van der Waals surface area contributed by atoms with Crippen molar-refractivity contribution in [3.63, 3.8) is 0 Å². The van der Waals surface area contributed by atoms with Crippen molar-refractivity contribution in [2.24, 2.45) is 0 Å². The lowest BCUT2D eigenvalue weighted by Gasteiger charge is -2.14. The number of ether oxygens (including phenoxy) is 1. The summed E-state index contributed by atoms with van der Waals surface area (Å²) in [5.41, 5.74) is 3.87. The Kier molecular flexibility index (Phi) is 8.63. The molecule has 28 heavy (non-hydrogen) atoms. The Morgan fingerprint density at radius 2 is 2.04 bits per heavy atom. The number of hydroxylamine groups is 1. The van der Waals surface area contributed by atoms with Crippen LogP contribution < -0.4 is 15.5 Å². The van der Waals surface area contributed by atoms with Crippen molar-refractivity contribution in [1.29, 1.82) is 0 Å². The molecule has 0 unspecified atom stereocenters. The van der Waals surface area contributed by atoms with Gasteiger partial charge in [0.1, 0.15) is 5.75 Å². The predicted octanol–water partition coefficient (Wildman–Crippen LogP) is 3.41. The zero-order valence-corrected chi connectivity index (χ0v) is 16.5. The van der Waals surface area contributed by atoms with Gasteiger partial charge in [0.05, 0.1) is 18.2 Å². The van der Waals surface area contributed by atoms with Gasteiger partial charge >= 0.3 is 0 Å². The SMILES string of the molecule is C#CCN(C)CCCOc1cc(NCc2ccc(C(=O)NO)cc2)ccc1Cl. The molecule has 0 heterocycles. The maximum atomic E-state index is 11.3. The fourth-order valence-electron chi connectivity index (χ4n) is 2.52. The number of amides is 1. The van der Waals surface area contributed by atoms with Crippen LogP contribution in [0.3, 0.4) is 0 Å². The van der Waals surface area contributed by atoms with E-state index in [1.807, 2.05) is 31.3 Å². The number of nitrogens with zero attached hydrogens (tertiary/aromatic N) is 1. The number of halogens is 1. The van der Waals surface area contributed by atoms with Crippen molar-refractivity contribution >= 4 is 23.2 Å². The molecule has 6 nitrogen and oxygen atoms in total. The Bertz CT molecular complexity index is 819. The number of hydrogen-bond donors (Lipinski definition) is 3. The molecule has 1 amide bonds. The lowest BCUT2D eigenvalue weighted by molar-refractivity contribution is 0.0706. The summed E-state index contributed by atoms with van der Waals surface area (Å²) in [5, 5.41) is 12.5. The van der Waals surface area contributed by atoms with Gasteiger partial charge in [0.2, 0.25) is 0 Å². The lowest BCUT2D eigenvalue weighted by atomic mass is 10.1. The third kappa shape index (κ3) is 6.78. The first kappa shape index (κ1) is 21.6. The smallest absolute Gasteiger partial charge is 0.274 e. The fraction of sp³-hybridized carbons (Fsp3) is 0.286. The molecule has 0 aromatic heterocycles. The predicted molar refractivity (Wildman–Crippen MR) is 111 cm³/mol. The minimum absolute atomic E-state index is 0.390. The van der Waals surface area contributed by atoms with Crippen LogP contribution in [0.1, 0.15) is 22.3 Å². The molecule has 0 bridgehead atoms. The van der Waals surface area contributed by atoms with Crippen LogP contribution >= 0.6 is 11.6 Å². The van der Waals surface area contributed by atoms with Crippen LogP contribution in [0.2, 0.25) is 5.02 Å². The Morgan fingerprint density at radius 1 is 1.29 bits per heavy atom. The van der Waals surface area contributed by atoms with Crippen molar-refractivity contribution in [2.45, 2.75) is 13.0 Å². The van der Waals surface area contributed by atoms with Gasteiger partial charge in [0.15, 0.2) is 0 Å². The Morgan fingerprint density at radius 3 is 2.71 bits per heavy atom. The molecule has 0 aliphatic rings. The van der Waals surface area contributed by atoms with Gasteiger partial charge in [-0.05, 0) is 43.3 Å². The molecule has 0 atom stereocenters. The molecule has 0 fully saturated rings. The second-order valence-electron chi connectivity index (χ2n) is 6.28. The highest BCUT2D eigenvalue weighted by Gasteiger charge is 2.06. The number of anilines is 1. The average molecular weight is 402 g/mol. The Hall–Kier alpha value is -2.72. The third-order valence-corrected chi connectivity index (χ3v) is 4.36. The molecule has 148 valence electrons. The standard InChI is InChI=1S/C21H24ClN3O3/c1-3-11-25(2)12-4-13-28-20-14-18(9-10-19(20)22)23-15-16-5-7-17(8-6-16)21(26)24-27/h1,5-10,14,23,27H,4,11-13,15H2,2H3,(H,24,26). The lowest BCUT2D eigenvalue weighted by Crippen LogP contribution is -2.21. The van der Waals surface area contributed by atoms with Gasteiger partial charge in [-0.3, -0.25) is 14.9 Å². The normalized spacial score (nSPS) is 10.4. The van der Waals surface area contributed by atoms with Gasteiger partial charge in [-0.1, -0.05) is 29.7 Å². The van der Waals surface area contributed by atoms with E-state index < -0.39 is 5.91 Å². The van der Waals surface area contributed by atoms with Gasteiger partial charge in [0, 0.05) is 30.4 Å². The summed E-state index contributed by atoms with van der Waals surface area (Å²) in [6.45, 7) is 2.58. The number of hydrogen-bond acceptors (Lipinski definition) is 5. The number of terminal acetylenes is 1. The summed E-state index contributed by atoms with van der Waals surface area (Å²) in [6, 6.07) is 12.5. The zero-order valence-electron chi connectivity index (χ0n) is 15.7. The van der Waals surface area contributed by atoms with Gasteiger partial charge in [-0.25, -0.2) is 5.48 Å². The number of rotatable bonds is 10. The second-order valence-corrected chi connectivity index (χ2v) is 6.69. The van der Waals surface area contributed by atoms with E-state index in [0.29, 0.717) is 36.0 Å². The van der Waals surface area contributed by atoms with E-state index in [-0.39, 0.29) is 0 Å². The summed E-state index contributed by atoms with van der Waals surface area (Å²) in [6.07, 6.45) is 6.13. The first-order chi connectivity index (χ1) is 13.5. The summed E-state index contributed by atoms with van der Waals surface area (Å²) >= 11 is 6.22. The molecule has 2 aromatic rings. The minimum atomic E-state index is -0.538. The maximum Gasteiger partial charge on any atom is 0.274 e. The Balaban J connectivity index is 1.86. The quantitative estimate of drug-likeness (QED) is 0.246. The van der Waals surface area contributed by atoms with Crippen LogP contribution in [0.4, 0.5) is 5.69 Å². The first-order valence-electron chi connectivity index (χ1n) is 8.85.